The number of aryl methyl sites for hydroxylation is 1. The summed E-state index contributed by atoms with van der Waals surface area (Å²) in [6.07, 6.45) is 2.97. The number of carboxylic acid groups (broad SMARTS) is 1. The monoisotopic (exact) mass is 239 g/mol. The first-order valence-corrected chi connectivity index (χ1v) is 5.63. The molecule has 0 aromatic carbocycles. The standard InChI is InChI=1S/C12H17NO4/c1-3-4-10-9(5-6-17-10)12(16)13-8(2)7-11(14)15/h5-6,8H,3-4,7H2,1-2H3,(H,13,16)(H,14,15). The summed E-state index contributed by atoms with van der Waals surface area (Å²) in [6.45, 7) is 3.66. The van der Waals surface area contributed by atoms with E-state index < -0.39 is 12.0 Å². The third-order valence-corrected chi connectivity index (χ3v) is 2.33. The molecule has 0 spiro atoms. The number of carbonyl (C=O) groups is 2. The number of rotatable bonds is 6. The van der Waals surface area contributed by atoms with E-state index in [0.717, 1.165) is 6.42 Å². The number of carbonyl (C=O) groups excluding carboxylic acids is 1. The van der Waals surface area contributed by atoms with Crippen LogP contribution in [0, 0.1) is 0 Å². The number of carboxylic acids is 1. The molecule has 0 radical (unpaired) electrons. The van der Waals surface area contributed by atoms with Gasteiger partial charge in [-0.25, -0.2) is 0 Å². The highest BCUT2D eigenvalue weighted by Crippen LogP contribution is 2.13. The molecule has 94 valence electrons. The van der Waals surface area contributed by atoms with Crippen molar-refractivity contribution in [3.8, 4) is 0 Å². The SMILES string of the molecule is CCCc1occc1C(=O)NC(C)CC(=O)O. The lowest BCUT2D eigenvalue weighted by Crippen LogP contribution is -2.34. The summed E-state index contributed by atoms with van der Waals surface area (Å²) in [5.74, 6) is -0.567. The van der Waals surface area contributed by atoms with Gasteiger partial charge >= 0.3 is 5.97 Å². The van der Waals surface area contributed by atoms with E-state index >= 15 is 0 Å². The van der Waals surface area contributed by atoms with Crippen LogP contribution in [-0.4, -0.2) is 23.0 Å². The highest BCUT2D eigenvalue weighted by molar-refractivity contribution is 5.95. The van der Waals surface area contributed by atoms with Gasteiger partial charge in [0.15, 0.2) is 0 Å². The Hall–Kier alpha value is -1.78. The molecule has 17 heavy (non-hydrogen) atoms. The Morgan fingerprint density at radius 1 is 1.53 bits per heavy atom. The van der Waals surface area contributed by atoms with Crippen LogP contribution >= 0.6 is 0 Å². The topological polar surface area (TPSA) is 79.5 Å². The largest absolute Gasteiger partial charge is 0.481 e. The highest BCUT2D eigenvalue weighted by Gasteiger charge is 2.17. The zero-order valence-corrected chi connectivity index (χ0v) is 10.0. The molecule has 5 heteroatoms. The first-order valence-electron chi connectivity index (χ1n) is 5.63. The van der Waals surface area contributed by atoms with Gasteiger partial charge in [-0.1, -0.05) is 6.92 Å². The Balaban J connectivity index is 2.63. The molecule has 0 bridgehead atoms. The van der Waals surface area contributed by atoms with Crippen molar-refractivity contribution in [2.45, 2.75) is 39.2 Å². The van der Waals surface area contributed by atoms with Crippen LogP contribution in [0.3, 0.4) is 0 Å². The van der Waals surface area contributed by atoms with E-state index in [4.69, 9.17) is 9.52 Å². The maximum atomic E-state index is 11.8. The van der Waals surface area contributed by atoms with Crippen molar-refractivity contribution < 1.29 is 19.1 Å². The maximum absolute atomic E-state index is 11.8. The molecule has 0 fully saturated rings. The van der Waals surface area contributed by atoms with E-state index in [1.807, 2.05) is 6.92 Å². The van der Waals surface area contributed by atoms with Gasteiger partial charge in [0, 0.05) is 12.5 Å². The molecule has 1 aromatic rings. The third kappa shape index (κ3) is 3.94. The molecule has 2 N–H and O–H groups in total. The number of furan rings is 1. The van der Waals surface area contributed by atoms with Crippen LogP contribution in [0.1, 0.15) is 42.8 Å². The second kappa shape index (κ2) is 6.08. The Bertz CT molecular complexity index is 397. The minimum absolute atomic E-state index is 0.0906. The number of aliphatic carboxylic acids is 1. The van der Waals surface area contributed by atoms with Gasteiger partial charge in [0.2, 0.25) is 0 Å². The summed E-state index contributed by atoms with van der Waals surface area (Å²) >= 11 is 0. The van der Waals surface area contributed by atoms with E-state index in [9.17, 15) is 9.59 Å². The molecule has 5 nitrogen and oxygen atoms in total. The Labute approximate surface area is 99.8 Å². The van der Waals surface area contributed by atoms with E-state index in [0.29, 0.717) is 17.7 Å². The molecule has 0 aliphatic heterocycles. The van der Waals surface area contributed by atoms with Crippen molar-refractivity contribution in [2.24, 2.45) is 0 Å². The molecule has 1 aromatic heterocycles. The molecule has 1 amide bonds. The molecule has 0 saturated heterocycles. The number of amides is 1. The number of hydrogen-bond acceptors (Lipinski definition) is 3. The fourth-order valence-corrected chi connectivity index (χ4v) is 1.58. The van der Waals surface area contributed by atoms with Crippen LogP contribution < -0.4 is 5.32 Å². The van der Waals surface area contributed by atoms with Crippen LogP contribution in [0.2, 0.25) is 0 Å². The van der Waals surface area contributed by atoms with Gasteiger partial charge in [-0.2, -0.15) is 0 Å². The predicted octanol–water partition coefficient (Wildman–Crippen LogP) is 1.83. The molecule has 1 heterocycles. The van der Waals surface area contributed by atoms with Gasteiger partial charge in [0.25, 0.3) is 5.91 Å². The van der Waals surface area contributed by atoms with Crippen molar-refractivity contribution in [1.29, 1.82) is 0 Å². The summed E-state index contributed by atoms with van der Waals surface area (Å²) < 4.78 is 5.21. The van der Waals surface area contributed by atoms with E-state index in [2.05, 4.69) is 5.32 Å². The van der Waals surface area contributed by atoms with E-state index in [1.165, 1.54) is 6.26 Å². The van der Waals surface area contributed by atoms with Crippen LogP contribution in [-0.2, 0) is 11.2 Å². The summed E-state index contributed by atoms with van der Waals surface area (Å²) in [6, 6.07) is 1.21. The smallest absolute Gasteiger partial charge is 0.305 e. The van der Waals surface area contributed by atoms with Gasteiger partial charge in [0.1, 0.15) is 5.76 Å². The average molecular weight is 239 g/mol. The Morgan fingerprint density at radius 2 is 2.24 bits per heavy atom. The molecule has 0 saturated carbocycles. The second-order valence-corrected chi connectivity index (χ2v) is 3.98. The minimum atomic E-state index is -0.932. The van der Waals surface area contributed by atoms with Crippen LogP contribution in [0.15, 0.2) is 16.7 Å². The number of hydrogen-bond donors (Lipinski definition) is 2. The summed E-state index contributed by atoms with van der Waals surface area (Å²) in [5, 5.41) is 11.2. The number of nitrogens with one attached hydrogen (secondary N) is 1. The molecule has 1 unspecified atom stereocenters. The Kier molecular flexibility index (Phi) is 4.75. The second-order valence-electron chi connectivity index (χ2n) is 3.98. The minimum Gasteiger partial charge on any atom is -0.481 e. The quantitative estimate of drug-likeness (QED) is 0.793. The van der Waals surface area contributed by atoms with Gasteiger partial charge < -0.3 is 14.8 Å². The zero-order valence-electron chi connectivity index (χ0n) is 10.0. The normalized spacial score (nSPS) is 12.1. The van der Waals surface area contributed by atoms with Crippen molar-refractivity contribution in [3.05, 3.63) is 23.7 Å². The van der Waals surface area contributed by atoms with Gasteiger partial charge in [-0.3, -0.25) is 9.59 Å². The summed E-state index contributed by atoms with van der Waals surface area (Å²) in [5.41, 5.74) is 0.490. The van der Waals surface area contributed by atoms with Crippen molar-refractivity contribution in [2.75, 3.05) is 0 Å². The highest BCUT2D eigenvalue weighted by atomic mass is 16.4. The van der Waals surface area contributed by atoms with Gasteiger partial charge in [-0.05, 0) is 19.4 Å². The summed E-state index contributed by atoms with van der Waals surface area (Å²) in [7, 11) is 0. The lowest BCUT2D eigenvalue weighted by molar-refractivity contribution is -0.137. The lowest BCUT2D eigenvalue weighted by atomic mass is 10.1. The molecular weight excluding hydrogens is 222 g/mol. The molecular formula is C12H17NO4. The van der Waals surface area contributed by atoms with Crippen molar-refractivity contribution in [3.63, 3.8) is 0 Å². The molecule has 0 aliphatic rings. The van der Waals surface area contributed by atoms with Gasteiger partial charge in [0.05, 0.1) is 18.2 Å². The van der Waals surface area contributed by atoms with E-state index in [-0.39, 0.29) is 12.3 Å². The molecule has 1 atom stereocenters. The third-order valence-electron chi connectivity index (χ3n) is 2.33. The molecule has 1 rings (SSSR count). The lowest BCUT2D eigenvalue weighted by Gasteiger charge is -2.11. The average Bonchev–Trinajstić information content (AvgIpc) is 2.64. The predicted molar refractivity (Wildman–Crippen MR) is 61.9 cm³/mol. The van der Waals surface area contributed by atoms with Crippen molar-refractivity contribution in [1.82, 2.24) is 5.32 Å². The van der Waals surface area contributed by atoms with Crippen molar-refractivity contribution >= 4 is 11.9 Å². The first-order chi connectivity index (χ1) is 8.04. The fourth-order valence-electron chi connectivity index (χ4n) is 1.58. The first kappa shape index (κ1) is 13.3. The van der Waals surface area contributed by atoms with Gasteiger partial charge in [-0.15, -0.1) is 0 Å². The van der Waals surface area contributed by atoms with Crippen LogP contribution in [0.4, 0.5) is 0 Å². The Morgan fingerprint density at radius 3 is 2.82 bits per heavy atom. The summed E-state index contributed by atoms with van der Waals surface area (Å²) in [4.78, 5) is 22.3. The fraction of sp³-hybridized carbons (Fsp3) is 0.500. The maximum Gasteiger partial charge on any atom is 0.305 e. The zero-order chi connectivity index (χ0) is 12.8. The van der Waals surface area contributed by atoms with Crippen LogP contribution in [0.5, 0.6) is 0 Å². The van der Waals surface area contributed by atoms with E-state index in [1.54, 1.807) is 13.0 Å². The molecule has 0 aliphatic carbocycles. The van der Waals surface area contributed by atoms with Crippen LogP contribution in [0.25, 0.3) is 0 Å².